The van der Waals surface area contributed by atoms with Crippen LogP contribution in [0, 0.1) is 44.1 Å². The largest absolute Gasteiger partial charge is 0.512 e. The minimum absolute atomic E-state index is 0. The first-order chi connectivity index (χ1) is 26.8. The molecule has 0 spiro atoms. The molecule has 3 aromatic carbocycles. The molecule has 323 valence electrons. The molecule has 0 saturated carbocycles. The Kier molecular flexibility index (Phi) is 15.5. The predicted molar refractivity (Wildman–Crippen MR) is 227 cm³/mol. The van der Waals surface area contributed by atoms with Crippen LogP contribution in [0.1, 0.15) is 109 Å². The summed E-state index contributed by atoms with van der Waals surface area (Å²) in [6.07, 6.45) is -2.87. The van der Waals surface area contributed by atoms with E-state index >= 15 is 0 Å². The van der Waals surface area contributed by atoms with Crippen molar-refractivity contribution < 1.29 is 60.9 Å². The van der Waals surface area contributed by atoms with Crippen molar-refractivity contribution in [3.63, 3.8) is 0 Å². The minimum Gasteiger partial charge on any atom is -0.512 e. The SMILES string of the molecule is CCC(C)(CC)C(=O)/C=C(\O)C(C)(CC)CC.[CH2-]c1c(C)cc(C)cc1-c1c2sc3c(C(F)(F)F)c(-c4ccc(CC(C)(C)C(F)(F)F)cc4)ccc3c2cc[n+]1[CH2-].[Ir]. The molecule has 5 aromatic rings. The van der Waals surface area contributed by atoms with E-state index in [9.17, 15) is 36.2 Å². The van der Waals surface area contributed by atoms with Gasteiger partial charge in [0.05, 0.1) is 22.9 Å². The topological polar surface area (TPSA) is 41.2 Å². The van der Waals surface area contributed by atoms with Gasteiger partial charge in [0.15, 0.2) is 5.78 Å². The van der Waals surface area contributed by atoms with Crippen LogP contribution in [0.5, 0.6) is 0 Å². The average molecular weight is 1020 g/mol. The first-order valence-electron chi connectivity index (χ1n) is 19.7. The second-order valence-corrected chi connectivity index (χ2v) is 17.7. The van der Waals surface area contributed by atoms with Crippen LogP contribution in [0.25, 0.3) is 42.6 Å². The van der Waals surface area contributed by atoms with Gasteiger partial charge in [0.1, 0.15) is 5.76 Å². The zero-order valence-corrected chi connectivity index (χ0v) is 38.8. The molecule has 0 unspecified atom stereocenters. The molecular formula is C48H56F6IrNO2S-. The van der Waals surface area contributed by atoms with Crippen molar-refractivity contribution in [3.8, 4) is 22.4 Å². The van der Waals surface area contributed by atoms with E-state index in [-0.39, 0.29) is 64.7 Å². The fourth-order valence-corrected chi connectivity index (χ4v) is 8.43. The number of thiophene rings is 1. The molecule has 0 saturated heterocycles. The standard InChI is InChI=1S/C33H28F6NS.C15H28O2.Ir/c1-18-15-19(2)20(3)26(16-18)28-30-25(13-14-40(28)6)24-12-11-23(27(29(24)41-30)32(34,35)36)22-9-7-21(8-10-22)17-31(4,5)33(37,38)39;1-7-14(5,8-2)12(16)11-13(17)15(6,9-3)10-4;/h7-16H,3,6,17H2,1-2,4-5H3;11,16H,7-10H2,1-6H3;/q-1;;/b;12-11-;. The Morgan fingerprint density at radius 2 is 1.32 bits per heavy atom. The molecule has 2 heterocycles. The number of allylic oxidation sites excluding steroid dienone is 2. The number of carbonyl (C=O) groups excluding carboxylic acids is 1. The van der Waals surface area contributed by atoms with Gasteiger partial charge in [0, 0.05) is 53.5 Å². The summed E-state index contributed by atoms with van der Waals surface area (Å²) in [5, 5.41) is 11.3. The van der Waals surface area contributed by atoms with Gasteiger partial charge in [-0.05, 0) is 72.6 Å². The Bertz CT molecular complexity index is 2310. The molecule has 11 heteroatoms. The summed E-state index contributed by atoms with van der Waals surface area (Å²) < 4.78 is 86.8. The fourth-order valence-electron chi connectivity index (χ4n) is 6.99. The third kappa shape index (κ3) is 10.2. The number of aliphatic hydroxyl groups is 1. The van der Waals surface area contributed by atoms with Gasteiger partial charge in [0.2, 0.25) is 0 Å². The van der Waals surface area contributed by atoms with E-state index in [0.717, 1.165) is 73.1 Å². The van der Waals surface area contributed by atoms with Crippen LogP contribution in [-0.4, -0.2) is 17.1 Å². The van der Waals surface area contributed by atoms with Crippen LogP contribution in [0.2, 0.25) is 0 Å². The van der Waals surface area contributed by atoms with E-state index < -0.39 is 23.3 Å². The second kappa shape index (κ2) is 18.4. The maximum absolute atomic E-state index is 14.8. The summed E-state index contributed by atoms with van der Waals surface area (Å²) in [5.74, 6) is 0.286. The van der Waals surface area contributed by atoms with Crippen molar-refractivity contribution >= 4 is 37.3 Å². The Labute approximate surface area is 363 Å². The Hall–Kier alpha value is -3.79. The van der Waals surface area contributed by atoms with Crippen molar-refractivity contribution in [2.75, 3.05) is 0 Å². The number of benzene rings is 3. The molecule has 1 radical (unpaired) electrons. The molecule has 3 nitrogen and oxygen atoms in total. The number of hydrogen-bond donors (Lipinski definition) is 1. The minimum atomic E-state index is -4.68. The number of fused-ring (bicyclic) bond motifs is 3. The van der Waals surface area contributed by atoms with E-state index in [1.807, 2.05) is 67.5 Å². The van der Waals surface area contributed by atoms with Crippen LogP contribution in [0.4, 0.5) is 26.3 Å². The number of nitrogens with zero attached hydrogens (tertiary/aromatic N) is 1. The maximum atomic E-state index is 14.8. The molecule has 59 heavy (non-hydrogen) atoms. The molecule has 0 fully saturated rings. The summed E-state index contributed by atoms with van der Waals surface area (Å²) >= 11 is 1.06. The number of hydrogen-bond acceptors (Lipinski definition) is 3. The summed E-state index contributed by atoms with van der Waals surface area (Å²) in [4.78, 5) is 12.2. The fraction of sp³-hybridized carbons (Fsp3) is 0.417. The molecule has 2 aromatic heterocycles. The number of ketones is 1. The van der Waals surface area contributed by atoms with Gasteiger partial charge in [-0.15, -0.1) is 29.0 Å². The normalized spacial score (nSPS) is 13.0. The first kappa shape index (κ1) is 49.6. The van der Waals surface area contributed by atoms with Crippen molar-refractivity contribution in [1.82, 2.24) is 0 Å². The third-order valence-electron chi connectivity index (χ3n) is 12.3. The quantitative estimate of drug-likeness (QED) is 0.0471. The molecule has 0 bridgehead atoms. The molecule has 0 amide bonds. The smallest absolute Gasteiger partial charge is 0.418 e. The van der Waals surface area contributed by atoms with E-state index in [1.165, 1.54) is 36.4 Å². The number of aromatic nitrogens is 1. The number of pyridine rings is 1. The van der Waals surface area contributed by atoms with Gasteiger partial charge < -0.3 is 9.67 Å². The summed E-state index contributed by atoms with van der Waals surface area (Å²) in [5.41, 5.74) is 1.57. The third-order valence-corrected chi connectivity index (χ3v) is 13.5. The second-order valence-electron chi connectivity index (χ2n) is 16.6. The van der Waals surface area contributed by atoms with Gasteiger partial charge in [-0.3, -0.25) is 4.79 Å². The molecular weight excluding hydrogens is 961 g/mol. The van der Waals surface area contributed by atoms with Crippen LogP contribution < -0.4 is 4.57 Å². The van der Waals surface area contributed by atoms with Crippen molar-refractivity contribution in [2.24, 2.45) is 16.2 Å². The molecule has 1 N–H and O–H groups in total. The number of rotatable bonds is 11. The van der Waals surface area contributed by atoms with E-state index in [1.54, 1.807) is 22.9 Å². The summed E-state index contributed by atoms with van der Waals surface area (Å²) in [7, 11) is 4.11. The van der Waals surface area contributed by atoms with Crippen LogP contribution >= 0.6 is 11.3 Å². The summed E-state index contributed by atoms with van der Waals surface area (Å²) in [6, 6.07) is 14.7. The first-order valence-corrected chi connectivity index (χ1v) is 20.5. The molecule has 0 aliphatic rings. The van der Waals surface area contributed by atoms with E-state index in [2.05, 4.69) is 14.0 Å². The Balaban J connectivity index is 0.000000439. The van der Waals surface area contributed by atoms with Crippen LogP contribution in [0.3, 0.4) is 0 Å². The molecule has 0 aliphatic carbocycles. The van der Waals surface area contributed by atoms with E-state index in [0.29, 0.717) is 26.7 Å². The maximum Gasteiger partial charge on any atom is 0.418 e. The predicted octanol–water partition coefficient (Wildman–Crippen LogP) is 14.9. The van der Waals surface area contributed by atoms with Crippen molar-refractivity contribution in [1.29, 1.82) is 0 Å². The Morgan fingerprint density at radius 1 is 0.780 bits per heavy atom. The van der Waals surface area contributed by atoms with E-state index in [4.69, 9.17) is 0 Å². The van der Waals surface area contributed by atoms with Gasteiger partial charge in [-0.1, -0.05) is 104 Å². The van der Waals surface area contributed by atoms with Gasteiger partial charge in [0.25, 0.3) is 0 Å². The zero-order valence-electron chi connectivity index (χ0n) is 35.6. The Morgan fingerprint density at radius 3 is 1.83 bits per heavy atom. The van der Waals surface area contributed by atoms with Crippen LogP contribution in [-0.2, 0) is 37.5 Å². The molecule has 0 atom stereocenters. The average Bonchev–Trinajstić information content (AvgIpc) is 3.53. The number of aryl methyl sites for hydroxylation is 2. The number of carbonyl (C=O) groups is 1. The molecule has 5 rings (SSSR count). The van der Waals surface area contributed by atoms with Gasteiger partial charge in [-0.25, -0.2) is 0 Å². The number of aliphatic hydroxyl groups excluding tert-OH is 1. The van der Waals surface area contributed by atoms with Gasteiger partial charge >= 0.3 is 12.4 Å². The van der Waals surface area contributed by atoms with Crippen LogP contribution in [0.15, 0.2) is 72.6 Å². The van der Waals surface area contributed by atoms with Crippen molar-refractivity contribution in [3.05, 3.63) is 114 Å². The summed E-state index contributed by atoms with van der Waals surface area (Å²) in [6.45, 7) is 22.4. The zero-order chi connectivity index (χ0) is 43.8. The number of alkyl halides is 6. The monoisotopic (exact) mass is 1020 g/mol. The van der Waals surface area contributed by atoms with Gasteiger partial charge in [-0.2, -0.15) is 44.4 Å². The number of halogens is 6. The van der Waals surface area contributed by atoms with Crippen molar-refractivity contribution in [2.45, 2.75) is 114 Å². The molecule has 0 aliphatic heterocycles.